The van der Waals surface area contributed by atoms with Crippen molar-refractivity contribution in [1.82, 2.24) is 0 Å². The van der Waals surface area contributed by atoms with Crippen molar-refractivity contribution in [1.29, 1.82) is 0 Å². The molecule has 1 amide bonds. The summed E-state index contributed by atoms with van der Waals surface area (Å²) in [6, 6.07) is 16.8. The molecule has 5 nitrogen and oxygen atoms in total. The Morgan fingerprint density at radius 2 is 1.85 bits per heavy atom. The number of carbonyl (C=O) groups is 2. The minimum Gasteiger partial charge on any atom is -0.490 e. The fraction of sp³-hybridized carbons (Fsp3) is 0.182. The van der Waals surface area contributed by atoms with Gasteiger partial charge in [0.1, 0.15) is 19.0 Å². The van der Waals surface area contributed by atoms with Gasteiger partial charge in [0.2, 0.25) is 5.91 Å². The smallest absolute Gasteiger partial charge is 0.336 e. The zero-order valence-corrected chi connectivity index (χ0v) is 14.8. The lowest BCUT2D eigenvalue weighted by Crippen LogP contribution is -2.37. The number of esters is 1. The summed E-state index contributed by atoms with van der Waals surface area (Å²) in [7, 11) is 0. The first kappa shape index (κ1) is 17.1. The molecule has 0 saturated carbocycles. The highest BCUT2D eigenvalue weighted by molar-refractivity contribution is 6.06. The number of benzene rings is 2. The topological polar surface area (TPSA) is 55.8 Å². The SMILES string of the molecule is C=CCOc1ccc([C@@H]2CC(=O)N(c3ccccc3)C3=C2C(=O)OC3)cc1. The summed E-state index contributed by atoms with van der Waals surface area (Å²) in [4.78, 5) is 27.0. The molecule has 0 aromatic heterocycles. The van der Waals surface area contributed by atoms with Gasteiger partial charge in [-0.25, -0.2) is 4.79 Å². The predicted molar refractivity (Wildman–Crippen MR) is 101 cm³/mol. The van der Waals surface area contributed by atoms with Gasteiger partial charge >= 0.3 is 5.97 Å². The molecular formula is C22H19NO4. The van der Waals surface area contributed by atoms with Crippen molar-refractivity contribution in [2.24, 2.45) is 0 Å². The minimum atomic E-state index is -0.351. The van der Waals surface area contributed by atoms with E-state index in [9.17, 15) is 9.59 Å². The van der Waals surface area contributed by atoms with E-state index in [0.717, 1.165) is 17.0 Å². The number of para-hydroxylation sites is 1. The molecular weight excluding hydrogens is 342 g/mol. The summed E-state index contributed by atoms with van der Waals surface area (Å²) >= 11 is 0. The molecule has 27 heavy (non-hydrogen) atoms. The average Bonchev–Trinajstić information content (AvgIpc) is 3.08. The van der Waals surface area contributed by atoms with E-state index in [1.807, 2.05) is 54.6 Å². The number of amides is 1. The van der Waals surface area contributed by atoms with Gasteiger partial charge in [-0.1, -0.05) is 43.0 Å². The Kier molecular flexibility index (Phi) is 4.50. The molecule has 0 N–H and O–H groups in total. The lowest BCUT2D eigenvalue weighted by atomic mass is 9.84. The number of hydrogen-bond acceptors (Lipinski definition) is 4. The maximum absolute atomic E-state index is 12.9. The van der Waals surface area contributed by atoms with Crippen LogP contribution in [0.15, 0.2) is 78.5 Å². The summed E-state index contributed by atoms with van der Waals surface area (Å²) in [5.74, 6) is 0.0106. The first-order chi connectivity index (χ1) is 13.2. The molecule has 0 unspecified atom stereocenters. The van der Waals surface area contributed by atoms with Crippen molar-refractivity contribution in [3.63, 3.8) is 0 Å². The molecule has 1 atom stereocenters. The summed E-state index contributed by atoms with van der Waals surface area (Å²) in [6.07, 6.45) is 1.90. The Balaban J connectivity index is 1.71. The molecule has 2 aromatic rings. The number of carbonyl (C=O) groups excluding carboxylic acids is 2. The predicted octanol–water partition coefficient (Wildman–Crippen LogP) is 3.58. The molecule has 5 heteroatoms. The van der Waals surface area contributed by atoms with E-state index in [-0.39, 0.29) is 30.8 Å². The first-order valence-corrected chi connectivity index (χ1v) is 8.81. The van der Waals surface area contributed by atoms with Gasteiger partial charge in [0.15, 0.2) is 0 Å². The van der Waals surface area contributed by atoms with E-state index >= 15 is 0 Å². The second kappa shape index (κ2) is 7.11. The zero-order chi connectivity index (χ0) is 18.8. The van der Waals surface area contributed by atoms with Gasteiger partial charge in [0.05, 0.1) is 11.3 Å². The Morgan fingerprint density at radius 1 is 1.11 bits per heavy atom. The molecule has 0 saturated heterocycles. The van der Waals surface area contributed by atoms with Gasteiger partial charge in [-0.3, -0.25) is 9.69 Å². The van der Waals surface area contributed by atoms with Crippen LogP contribution in [0.5, 0.6) is 5.75 Å². The van der Waals surface area contributed by atoms with Crippen LogP contribution in [0, 0.1) is 0 Å². The summed E-state index contributed by atoms with van der Waals surface area (Å²) in [6.45, 7) is 4.17. The van der Waals surface area contributed by atoms with Crippen LogP contribution in [-0.4, -0.2) is 25.1 Å². The van der Waals surface area contributed by atoms with Crippen LogP contribution in [0.25, 0.3) is 0 Å². The maximum atomic E-state index is 12.9. The Morgan fingerprint density at radius 3 is 2.56 bits per heavy atom. The maximum Gasteiger partial charge on any atom is 0.336 e. The van der Waals surface area contributed by atoms with Crippen molar-refractivity contribution in [2.45, 2.75) is 12.3 Å². The molecule has 0 radical (unpaired) electrons. The molecule has 0 fully saturated rings. The van der Waals surface area contributed by atoms with E-state index < -0.39 is 0 Å². The highest BCUT2D eigenvalue weighted by atomic mass is 16.5. The van der Waals surface area contributed by atoms with Crippen LogP contribution in [-0.2, 0) is 14.3 Å². The molecule has 0 bridgehead atoms. The second-order valence-electron chi connectivity index (χ2n) is 6.43. The molecule has 2 heterocycles. The van der Waals surface area contributed by atoms with Crippen LogP contribution in [0.2, 0.25) is 0 Å². The normalized spacial score (nSPS) is 19.0. The number of ether oxygens (including phenoxy) is 2. The highest BCUT2D eigenvalue weighted by Crippen LogP contribution is 2.42. The summed E-state index contributed by atoms with van der Waals surface area (Å²) in [5.41, 5.74) is 2.85. The quantitative estimate of drug-likeness (QED) is 0.603. The fourth-order valence-electron chi connectivity index (χ4n) is 3.57. The van der Waals surface area contributed by atoms with Crippen molar-refractivity contribution in [3.8, 4) is 5.75 Å². The number of anilines is 1. The van der Waals surface area contributed by atoms with Gasteiger partial charge in [0, 0.05) is 18.0 Å². The van der Waals surface area contributed by atoms with Crippen molar-refractivity contribution >= 4 is 17.6 Å². The van der Waals surface area contributed by atoms with Crippen LogP contribution in [0.1, 0.15) is 17.9 Å². The third-order valence-electron chi connectivity index (χ3n) is 4.78. The molecule has 2 aliphatic heterocycles. The molecule has 0 spiro atoms. The number of cyclic esters (lactones) is 1. The minimum absolute atomic E-state index is 0.0461. The van der Waals surface area contributed by atoms with Crippen LogP contribution < -0.4 is 9.64 Å². The van der Waals surface area contributed by atoms with Gasteiger partial charge in [-0.2, -0.15) is 0 Å². The first-order valence-electron chi connectivity index (χ1n) is 8.81. The highest BCUT2D eigenvalue weighted by Gasteiger charge is 2.42. The second-order valence-corrected chi connectivity index (χ2v) is 6.43. The summed E-state index contributed by atoms with van der Waals surface area (Å²) in [5, 5.41) is 0. The average molecular weight is 361 g/mol. The Bertz CT molecular complexity index is 915. The number of hydrogen-bond donors (Lipinski definition) is 0. The summed E-state index contributed by atoms with van der Waals surface area (Å²) < 4.78 is 10.8. The number of rotatable bonds is 5. The lowest BCUT2D eigenvalue weighted by molar-refractivity contribution is -0.136. The Hall–Kier alpha value is -3.34. The van der Waals surface area contributed by atoms with E-state index in [1.165, 1.54) is 0 Å². The third-order valence-corrected chi connectivity index (χ3v) is 4.78. The van der Waals surface area contributed by atoms with E-state index in [1.54, 1.807) is 11.0 Å². The van der Waals surface area contributed by atoms with Crippen molar-refractivity contribution in [3.05, 3.63) is 84.1 Å². The van der Waals surface area contributed by atoms with Crippen LogP contribution in [0.4, 0.5) is 5.69 Å². The fourth-order valence-corrected chi connectivity index (χ4v) is 3.57. The van der Waals surface area contributed by atoms with E-state index in [0.29, 0.717) is 17.9 Å². The third kappa shape index (κ3) is 3.12. The number of nitrogens with zero attached hydrogens (tertiary/aromatic N) is 1. The van der Waals surface area contributed by atoms with Crippen molar-refractivity contribution in [2.75, 3.05) is 18.1 Å². The molecule has 2 aliphatic rings. The lowest BCUT2D eigenvalue weighted by Gasteiger charge is -2.31. The van der Waals surface area contributed by atoms with Crippen LogP contribution >= 0.6 is 0 Å². The van der Waals surface area contributed by atoms with Gasteiger partial charge in [0.25, 0.3) is 0 Å². The monoisotopic (exact) mass is 361 g/mol. The molecule has 0 aliphatic carbocycles. The molecule has 4 rings (SSSR count). The largest absolute Gasteiger partial charge is 0.490 e. The van der Waals surface area contributed by atoms with Gasteiger partial charge < -0.3 is 9.47 Å². The van der Waals surface area contributed by atoms with E-state index in [4.69, 9.17) is 9.47 Å². The van der Waals surface area contributed by atoms with Gasteiger partial charge in [-0.05, 0) is 29.8 Å². The van der Waals surface area contributed by atoms with Crippen LogP contribution in [0.3, 0.4) is 0 Å². The molecule has 136 valence electrons. The van der Waals surface area contributed by atoms with Gasteiger partial charge in [-0.15, -0.1) is 0 Å². The standard InChI is InChI=1S/C22H19NO4/c1-2-12-26-17-10-8-15(9-11-17)18-13-20(24)23(16-6-4-3-5-7-16)19-14-27-22(25)21(18)19/h2-11,18H,1,12-14H2/t18-/m0/s1. The zero-order valence-electron chi connectivity index (χ0n) is 14.8. The van der Waals surface area contributed by atoms with Crippen molar-refractivity contribution < 1.29 is 19.1 Å². The van der Waals surface area contributed by atoms with E-state index in [2.05, 4.69) is 6.58 Å². The molecule has 2 aromatic carbocycles. The Labute approximate surface area is 157 Å².